The Balaban J connectivity index is 0.00000341. The highest BCUT2D eigenvalue weighted by molar-refractivity contribution is 5.97. The van der Waals surface area contributed by atoms with Crippen LogP contribution in [0.5, 0.6) is 17.2 Å². The molecular weight excluding hydrogens is 416 g/mol. The number of hydrogen-bond acceptors (Lipinski definition) is 5. The van der Waals surface area contributed by atoms with Crippen LogP contribution in [0.25, 0.3) is 0 Å². The summed E-state index contributed by atoms with van der Waals surface area (Å²) in [5.41, 5.74) is 3.03. The number of rotatable bonds is 10. The van der Waals surface area contributed by atoms with Gasteiger partial charge in [0, 0.05) is 25.2 Å². The van der Waals surface area contributed by atoms with Gasteiger partial charge in [-0.3, -0.25) is 4.79 Å². The second-order valence-corrected chi connectivity index (χ2v) is 7.66. The smallest absolute Gasteiger partial charge is 0.254 e. The van der Waals surface area contributed by atoms with Gasteiger partial charge in [-0.2, -0.15) is 0 Å². The Labute approximate surface area is 191 Å². The molecule has 0 spiro atoms. The molecule has 0 aliphatic carbocycles. The van der Waals surface area contributed by atoms with Gasteiger partial charge < -0.3 is 24.0 Å². The van der Waals surface area contributed by atoms with Crippen LogP contribution in [0.2, 0.25) is 0 Å². The van der Waals surface area contributed by atoms with Crippen molar-refractivity contribution in [2.24, 2.45) is 0 Å². The first-order valence-electron chi connectivity index (χ1n) is 10.4. The van der Waals surface area contributed by atoms with Crippen molar-refractivity contribution in [1.82, 2.24) is 9.80 Å². The van der Waals surface area contributed by atoms with Crippen molar-refractivity contribution in [2.45, 2.75) is 19.3 Å². The van der Waals surface area contributed by atoms with Gasteiger partial charge in [-0.1, -0.05) is 12.1 Å². The molecule has 6 nitrogen and oxygen atoms in total. The van der Waals surface area contributed by atoms with Crippen LogP contribution < -0.4 is 14.2 Å². The van der Waals surface area contributed by atoms with Crippen molar-refractivity contribution in [2.75, 3.05) is 54.6 Å². The van der Waals surface area contributed by atoms with Crippen LogP contribution in [0.15, 0.2) is 36.4 Å². The lowest BCUT2D eigenvalue weighted by Gasteiger charge is -2.30. The lowest BCUT2D eigenvalue weighted by molar-refractivity contribution is 0.0732. The predicted molar refractivity (Wildman–Crippen MR) is 125 cm³/mol. The number of carbonyl (C=O) groups is 1. The molecule has 1 amide bonds. The maximum absolute atomic E-state index is 12.9. The number of amides is 1. The average molecular weight is 449 g/mol. The summed E-state index contributed by atoms with van der Waals surface area (Å²) in [5, 5.41) is 0. The summed E-state index contributed by atoms with van der Waals surface area (Å²) in [4.78, 5) is 17.2. The number of nitrogens with zero attached hydrogens (tertiary/aromatic N) is 2. The van der Waals surface area contributed by atoms with Crippen LogP contribution in [-0.2, 0) is 12.8 Å². The minimum absolute atomic E-state index is 0. The quantitative estimate of drug-likeness (QED) is 0.554. The fourth-order valence-electron chi connectivity index (χ4n) is 3.86. The zero-order valence-corrected chi connectivity index (χ0v) is 19.7. The molecule has 2 aromatic rings. The highest BCUT2D eigenvalue weighted by Gasteiger charge is 2.26. The molecular formula is C24H33ClN2O4. The Hall–Kier alpha value is -2.44. The zero-order valence-electron chi connectivity index (χ0n) is 18.8. The molecule has 1 aliphatic rings. The van der Waals surface area contributed by atoms with Crippen LogP contribution >= 0.6 is 12.4 Å². The van der Waals surface area contributed by atoms with E-state index in [1.807, 2.05) is 29.2 Å². The molecule has 3 rings (SSSR count). The second-order valence-electron chi connectivity index (χ2n) is 7.66. The Bertz CT molecular complexity index is 875. The third-order valence-electron chi connectivity index (χ3n) is 5.66. The second kappa shape index (κ2) is 11.8. The third kappa shape index (κ3) is 6.28. The summed E-state index contributed by atoms with van der Waals surface area (Å²) >= 11 is 0. The molecule has 0 fully saturated rings. The van der Waals surface area contributed by atoms with Gasteiger partial charge >= 0.3 is 0 Å². The number of ether oxygens (including phenoxy) is 3. The van der Waals surface area contributed by atoms with Gasteiger partial charge in [-0.15, -0.1) is 12.4 Å². The first-order valence-corrected chi connectivity index (χ1v) is 10.4. The maximum atomic E-state index is 12.9. The molecule has 0 saturated heterocycles. The van der Waals surface area contributed by atoms with Crippen molar-refractivity contribution in [3.63, 3.8) is 0 Å². The molecule has 0 bridgehead atoms. The molecule has 0 saturated carbocycles. The molecule has 0 atom stereocenters. The molecule has 0 radical (unpaired) electrons. The van der Waals surface area contributed by atoms with E-state index in [1.165, 1.54) is 5.56 Å². The largest absolute Gasteiger partial charge is 0.497 e. The van der Waals surface area contributed by atoms with Crippen LogP contribution in [0, 0.1) is 0 Å². The van der Waals surface area contributed by atoms with Gasteiger partial charge in [-0.05, 0) is 68.2 Å². The topological polar surface area (TPSA) is 51.2 Å². The van der Waals surface area contributed by atoms with E-state index in [0.29, 0.717) is 11.5 Å². The number of benzene rings is 2. The summed E-state index contributed by atoms with van der Waals surface area (Å²) in [7, 11) is 7.03. The van der Waals surface area contributed by atoms with Gasteiger partial charge in [0.1, 0.15) is 5.75 Å². The highest BCUT2D eigenvalue weighted by atomic mass is 35.5. The summed E-state index contributed by atoms with van der Waals surface area (Å²) in [5.74, 6) is 2.25. The van der Waals surface area contributed by atoms with Gasteiger partial charge in [-0.25, -0.2) is 0 Å². The van der Waals surface area contributed by atoms with Gasteiger partial charge in [0.2, 0.25) is 0 Å². The van der Waals surface area contributed by atoms with E-state index in [0.717, 1.165) is 62.3 Å². The molecule has 0 N–H and O–H groups in total. The average Bonchev–Trinajstić information content (AvgIpc) is 2.78. The van der Waals surface area contributed by atoms with Crippen molar-refractivity contribution in [1.29, 1.82) is 0 Å². The standard InChI is InChI=1S/C24H32N2O4.ClH/c1-25(13-9-18-7-5-8-20(15-18)28-2)11-6-12-26-14-10-19-16-22(29-3)23(30-4)17-21(19)24(26)27;/h5,7-8,15-17H,6,9-14H2,1-4H3;1H. The molecule has 7 heteroatoms. The Kier molecular flexibility index (Phi) is 9.46. The molecule has 170 valence electrons. The SMILES string of the molecule is COc1cccc(CCN(C)CCCN2CCc3cc(OC)c(OC)cc3C2=O)c1.Cl. The van der Waals surface area contributed by atoms with E-state index in [-0.39, 0.29) is 18.3 Å². The van der Waals surface area contributed by atoms with E-state index in [9.17, 15) is 4.79 Å². The maximum Gasteiger partial charge on any atom is 0.254 e. The number of halogens is 1. The molecule has 0 aromatic heterocycles. The first kappa shape index (κ1) is 24.8. The Morgan fingerprint density at radius 3 is 2.45 bits per heavy atom. The van der Waals surface area contributed by atoms with E-state index in [2.05, 4.69) is 24.1 Å². The van der Waals surface area contributed by atoms with E-state index < -0.39 is 0 Å². The van der Waals surface area contributed by atoms with E-state index >= 15 is 0 Å². The molecule has 1 aliphatic heterocycles. The van der Waals surface area contributed by atoms with Crippen LogP contribution in [0.1, 0.15) is 27.9 Å². The third-order valence-corrected chi connectivity index (χ3v) is 5.66. The van der Waals surface area contributed by atoms with Crippen molar-refractivity contribution in [3.05, 3.63) is 53.1 Å². The summed E-state index contributed by atoms with van der Waals surface area (Å²) in [6.07, 6.45) is 2.77. The fourth-order valence-corrected chi connectivity index (χ4v) is 3.86. The van der Waals surface area contributed by atoms with E-state index in [4.69, 9.17) is 14.2 Å². The van der Waals surface area contributed by atoms with Gasteiger partial charge in [0.25, 0.3) is 5.91 Å². The lowest BCUT2D eigenvalue weighted by Crippen LogP contribution is -2.39. The Morgan fingerprint density at radius 1 is 1.00 bits per heavy atom. The first-order chi connectivity index (χ1) is 14.5. The molecule has 31 heavy (non-hydrogen) atoms. The summed E-state index contributed by atoms with van der Waals surface area (Å²) in [6, 6.07) is 11.9. The number of methoxy groups -OCH3 is 3. The minimum Gasteiger partial charge on any atom is -0.497 e. The van der Waals surface area contributed by atoms with Crippen molar-refractivity contribution >= 4 is 18.3 Å². The van der Waals surface area contributed by atoms with E-state index in [1.54, 1.807) is 21.3 Å². The molecule has 1 heterocycles. The van der Waals surface area contributed by atoms with Crippen molar-refractivity contribution in [3.8, 4) is 17.2 Å². The number of fused-ring (bicyclic) bond motifs is 1. The number of hydrogen-bond donors (Lipinski definition) is 0. The number of carbonyl (C=O) groups excluding carboxylic acids is 1. The summed E-state index contributed by atoms with van der Waals surface area (Å²) < 4.78 is 16.0. The Morgan fingerprint density at radius 2 is 1.74 bits per heavy atom. The molecule has 2 aromatic carbocycles. The summed E-state index contributed by atoms with van der Waals surface area (Å²) in [6.45, 7) is 3.43. The zero-order chi connectivity index (χ0) is 21.5. The normalized spacial score (nSPS) is 12.9. The number of likely N-dealkylation sites (N-methyl/N-ethyl adjacent to an activating group) is 1. The lowest BCUT2D eigenvalue weighted by atomic mass is 9.98. The van der Waals surface area contributed by atoms with Gasteiger partial charge in [0.05, 0.1) is 21.3 Å². The highest BCUT2D eigenvalue weighted by Crippen LogP contribution is 2.33. The minimum atomic E-state index is 0. The fraction of sp³-hybridized carbons (Fsp3) is 0.458. The van der Waals surface area contributed by atoms with Crippen LogP contribution in [0.3, 0.4) is 0 Å². The van der Waals surface area contributed by atoms with Gasteiger partial charge in [0.15, 0.2) is 11.5 Å². The molecule has 0 unspecified atom stereocenters. The van der Waals surface area contributed by atoms with Crippen molar-refractivity contribution < 1.29 is 19.0 Å². The van der Waals surface area contributed by atoms with Crippen LogP contribution in [-0.4, -0.2) is 70.3 Å². The monoisotopic (exact) mass is 448 g/mol. The predicted octanol–water partition coefficient (Wildman–Crippen LogP) is 3.70. The van der Waals surface area contributed by atoms with Crippen LogP contribution in [0.4, 0.5) is 0 Å².